The van der Waals surface area contributed by atoms with Crippen molar-refractivity contribution in [2.75, 3.05) is 32.7 Å². The van der Waals surface area contributed by atoms with E-state index in [9.17, 15) is 26.4 Å². The number of carbonyl (C=O) groups is 1. The van der Waals surface area contributed by atoms with E-state index in [0.29, 0.717) is 18.5 Å². The molecule has 1 amide bonds. The monoisotopic (exact) mass is 539 g/mol. The third kappa shape index (κ3) is 5.47. The molecule has 3 heterocycles. The summed E-state index contributed by atoms with van der Waals surface area (Å²) in [6.07, 6.45) is 12.1. The van der Waals surface area contributed by atoms with Crippen LogP contribution in [-0.4, -0.2) is 74.4 Å². The number of hydrogen-bond acceptors (Lipinski definition) is 5. The Labute approximate surface area is 217 Å². The number of halogens is 3. The number of nitrogens with one attached hydrogen (secondary N) is 1. The zero-order chi connectivity index (χ0) is 26.2. The maximum absolute atomic E-state index is 12.7. The van der Waals surface area contributed by atoms with E-state index < -0.39 is 26.1 Å². The quantitative estimate of drug-likeness (QED) is 0.411. The highest BCUT2D eigenvalue weighted by Crippen LogP contribution is 2.45. The number of rotatable bonds is 7. The summed E-state index contributed by atoms with van der Waals surface area (Å²) in [4.78, 5) is 16.9. The molecule has 1 aromatic carbocycles. The number of alkyl halides is 3. The lowest BCUT2D eigenvalue weighted by molar-refractivity contribution is -0.0436. The zero-order valence-electron chi connectivity index (χ0n) is 21.0. The largest absolute Gasteiger partial charge is 0.501 e. The summed E-state index contributed by atoms with van der Waals surface area (Å²) in [5.74, 6) is 1.02. The van der Waals surface area contributed by atoms with Gasteiger partial charge in [0, 0.05) is 30.7 Å². The average molecular weight is 540 g/mol. The first kappa shape index (κ1) is 26.7. The van der Waals surface area contributed by atoms with Gasteiger partial charge in [-0.25, -0.2) is 8.42 Å². The molecule has 1 N–H and O–H groups in total. The summed E-state index contributed by atoms with van der Waals surface area (Å²) in [5.41, 5.74) is -3.58. The number of unbranched alkanes of at least 4 members (excludes halogenated alkanes) is 1. The lowest BCUT2D eigenvalue weighted by atomic mass is 9.68. The molecule has 6 nitrogen and oxygen atoms in total. The maximum Gasteiger partial charge on any atom is 0.501 e. The molecule has 1 aromatic rings. The fourth-order valence-electron chi connectivity index (χ4n) is 7.00. The number of fused-ring (bicyclic) bond motifs is 6. The standard InChI is InChI=1S/C27H36F3N3O3S/c28-27(29,30)37(35,36)23-10-8-19(9-11-23)26(34)31-12-2-4-13-32-15-5-6-20-16-21-17-22(25(20)32)18-33-14-3-1-7-24(21)33/h8-11,16,21-22,24-25H,1-7,12-15,17-18H2,(H,31,34)/t21-,22+,24+,25+/m0/s1. The molecule has 37 heavy (non-hydrogen) atoms. The van der Waals surface area contributed by atoms with Crippen LogP contribution >= 0.6 is 0 Å². The number of carbonyl (C=O) groups excluding carboxylic acids is 1. The van der Waals surface area contributed by atoms with Gasteiger partial charge in [-0.1, -0.05) is 18.1 Å². The lowest BCUT2D eigenvalue weighted by Gasteiger charge is -2.55. The fourth-order valence-corrected chi connectivity index (χ4v) is 7.76. The molecule has 3 aliphatic heterocycles. The summed E-state index contributed by atoms with van der Waals surface area (Å²) >= 11 is 0. The average Bonchev–Trinajstić information content (AvgIpc) is 2.88. The first-order valence-corrected chi connectivity index (χ1v) is 15.0. The van der Waals surface area contributed by atoms with Gasteiger partial charge in [0.25, 0.3) is 15.7 Å². The molecule has 1 aliphatic carbocycles. The van der Waals surface area contributed by atoms with Gasteiger partial charge < -0.3 is 5.32 Å². The smallest absolute Gasteiger partial charge is 0.352 e. The molecule has 204 valence electrons. The van der Waals surface area contributed by atoms with Crippen LogP contribution in [0.15, 0.2) is 40.8 Å². The molecular formula is C27H36F3N3O3S. The third-order valence-corrected chi connectivity index (χ3v) is 10.2. The van der Waals surface area contributed by atoms with Gasteiger partial charge in [-0.15, -0.1) is 0 Å². The Morgan fingerprint density at radius 3 is 2.59 bits per heavy atom. The summed E-state index contributed by atoms with van der Waals surface area (Å²) in [5, 5.41) is 2.80. The summed E-state index contributed by atoms with van der Waals surface area (Å²) in [6, 6.07) is 5.18. The summed E-state index contributed by atoms with van der Waals surface area (Å²) in [7, 11) is -5.42. The molecule has 0 spiro atoms. The molecule has 4 atom stereocenters. The minimum Gasteiger partial charge on any atom is -0.352 e. The number of nitrogens with zero attached hydrogens (tertiary/aromatic N) is 2. The second-order valence-electron chi connectivity index (χ2n) is 11.0. The third-order valence-electron chi connectivity index (χ3n) is 8.65. The van der Waals surface area contributed by atoms with Crippen molar-refractivity contribution in [3.05, 3.63) is 41.5 Å². The topological polar surface area (TPSA) is 69.7 Å². The maximum atomic E-state index is 12.7. The first-order valence-electron chi connectivity index (χ1n) is 13.5. The lowest BCUT2D eigenvalue weighted by Crippen LogP contribution is -2.59. The molecule has 0 aromatic heterocycles. The highest BCUT2D eigenvalue weighted by atomic mass is 32.2. The minimum atomic E-state index is -5.42. The van der Waals surface area contributed by atoms with Crippen molar-refractivity contribution in [2.24, 2.45) is 11.8 Å². The first-order chi connectivity index (χ1) is 17.6. The van der Waals surface area contributed by atoms with Gasteiger partial charge >= 0.3 is 5.51 Å². The van der Waals surface area contributed by atoms with Crippen molar-refractivity contribution in [1.29, 1.82) is 0 Å². The van der Waals surface area contributed by atoms with E-state index >= 15 is 0 Å². The summed E-state index contributed by atoms with van der Waals surface area (Å²) < 4.78 is 61.1. The van der Waals surface area contributed by atoms with Gasteiger partial charge in [0.1, 0.15) is 0 Å². The fraction of sp³-hybridized carbons (Fsp3) is 0.667. The van der Waals surface area contributed by atoms with E-state index in [0.717, 1.165) is 62.2 Å². The molecule has 10 heteroatoms. The van der Waals surface area contributed by atoms with Crippen molar-refractivity contribution >= 4 is 15.7 Å². The van der Waals surface area contributed by atoms with Crippen molar-refractivity contribution in [1.82, 2.24) is 15.1 Å². The number of piperidine rings is 3. The van der Waals surface area contributed by atoms with E-state index in [-0.39, 0.29) is 5.56 Å². The van der Waals surface area contributed by atoms with Crippen LogP contribution in [0.2, 0.25) is 0 Å². The molecule has 2 bridgehead atoms. The van der Waals surface area contributed by atoms with E-state index in [2.05, 4.69) is 21.2 Å². The van der Waals surface area contributed by atoms with Gasteiger partial charge in [0.15, 0.2) is 0 Å². The molecule has 3 fully saturated rings. The number of likely N-dealkylation sites (tertiary alicyclic amines) is 1. The Hall–Kier alpha value is -1.91. The van der Waals surface area contributed by atoms with E-state index in [1.165, 1.54) is 51.6 Å². The van der Waals surface area contributed by atoms with Crippen LogP contribution in [0.4, 0.5) is 13.2 Å². The van der Waals surface area contributed by atoms with Gasteiger partial charge in [-0.2, -0.15) is 13.2 Å². The van der Waals surface area contributed by atoms with Crippen LogP contribution in [0.25, 0.3) is 0 Å². The highest BCUT2D eigenvalue weighted by molar-refractivity contribution is 7.92. The van der Waals surface area contributed by atoms with Crippen molar-refractivity contribution < 1.29 is 26.4 Å². The minimum absolute atomic E-state index is 0.136. The van der Waals surface area contributed by atoms with E-state index in [1.807, 2.05) is 0 Å². The van der Waals surface area contributed by atoms with Crippen LogP contribution in [-0.2, 0) is 9.84 Å². The van der Waals surface area contributed by atoms with Gasteiger partial charge in [0.05, 0.1) is 4.90 Å². The van der Waals surface area contributed by atoms with Crippen LogP contribution in [0, 0.1) is 11.8 Å². The van der Waals surface area contributed by atoms with Crippen molar-refractivity contribution in [3.63, 3.8) is 0 Å². The molecule has 5 rings (SSSR count). The van der Waals surface area contributed by atoms with Crippen LogP contribution in [0.3, 0.4) is 0 Å². The number of sulfone groups is 1. The van der Waals surface area contributed by atoms with Crippen LogP contribution in [0.5, 0.6) is 0 Å². The SMILES string of the molecule is O=C(NCCCCN1CCCC2=C[C@H]3C[C@H](CN4CCCC[C@H]34)[C@@H]21)c1ccc(S(=O)(=O)C(F)(F)F)cc1. The van der Waals surface area contributed by atoms with E-state index in [4.69, 9.17) is 0 Å². The molecule has 4 aliphatic rings. The molecule has 0 saturated carbocycles. The predicted octanol–water partition coefficient (Wildman–Crippen LogP) is 4.39. The molecule has 0 unspecified atom stereocenters. The molecule has 3 saturated heterocycles. The zero-order valence-corrected chi connectivity index (χ0v) is 21.9. The second-order valence-corrected chi connectivity index (χ2v) is 12.9. The Bertz CT molecular complexity index is 1120. The Morgan fingerprint density at radius 2 is 1.84 bits per heavy atom. The normalized spacial score (nSPS) is 28.7. The van der Waals surface area contributed by atoms with Crippen LogP contribution < -0.4 is 5.32 Å². The Kier molecular flexibility index (Phi) is 7.71. The van der Waals surface area contributed by atoms with Gasteiger partial charge in [0.2, 0.25) is 0 Å². The highest BCUT2D eigenvalue weighted by Gasteiger charge is 2.47. The van der Waals surface area contributed by atoms with Gasteiger partial charge in [-0.3, -0.25) is 14.6 Å². The summed E-state index contributed by atoms with van der Waals surface area (Å²) in [6.45, 7) is 5.04. The predicted molar refractivity (Wildman–Crippen MR) is 135 cm³/mol. The van der Waals surface area contributed by atoms with Gasteiger partial charge in [-0.05, 0) is 101 Å². The Balaban J connectivity index is 1.10. The van der Waals surface area contributed by atoms with Crippen LogP contribution in [0.1, 0.15) is 61.7 Å². The second kappa shape index (κ2) is 10.7. The Morgan fingerprint density at radius 1 is 1.05 bits per heavy atom. The number of amides is 1. The number of hydrogen-bond donors (Lipinski definition) is 1. The van der Waals surface area contributed by atoms with Crippen molar-refractivity contribution in [2.45, 2.75) is 73.9 Å². The molecular weight excluding hydrogens is 503 g/mol. The number of benzene rings is 1. The molecule has 0 radical (unpaired) electrons. The van der Waals surface area contributed by atoms with Crippen molar-refractivity contribution in [3.8, 4) is 0 Å². The van der Waals surface area contributed by atoms with E-state index in [1.54, 1.807) is 5.57 Å².